The number of hydrogen-bond donors (Lipinski definition) is 3. The van der Waals surface area contributed by atoms with E-state index in [1.807, 2.05) is 49.4 Å². The number of nitrogens with one attached hydrogen (secondary N) is 3. The Bertz CT molecular complexity index is 1300. The smallest absolute Gasteiger partial charge is 0.257 e. The molecule has 0 aromatic heterocycles. The molecule has 1 saturated heterocycles. The van der Waals surface area contributed by atoms with Crippen LogP contribution in [0.2, 0.25) is 0 Å². The number of amides is 2. The molecule has 0 radical (unpaired) electrons. The molecule has 2 amide bonds. The number of anilines is 2. The summed E-state index contributed by atoms with van der Waals surface area (Å²) in [5.41, 5.74) is 5.60. The molecular weight excluding hydrogens is 464 g/mol. The second-order valence-electron chi connectivity index (χ2n) is 9.35. The van der Waals surface area contributed by atoms with E-state index in [2.05, 4.69) is 33.0 Å². The first-order valence-corrected chi connectivity index (χ1v) is 12.8. The maximum atomic E-state index is 13.1. The molecule has 190 valence electrons. The van der Waals surface area contributed by atoms with Crippen molar-refractivity contribution in [3.63, 3.8) is 0 Å². The predicted octanol–water partition coefficient (Wildman–Crippen LogP) is 4.81. The Balaban J connectivity index is 1.30. The molecule has 3 aromatic rings. The van der Waals surface area contributed by atoms with Crippen LogP contribution in [0.1, 0.15) is 46.4 Å². The highest BCUT2D eigenvalue weighted by Crippen LogP contribution is 2.33. The summed E-state index contributed by atoms with van der Waals surface area (Å²) >= 11 is 0. The van der Waals surface area contributed by atoms with Gasteiger partial charge in [0.15, 0.2) is 0 Å². The van der Waals surface area contributed by atoms with Gasteiger partial charge in [0.05, 0.1) is 24.8 Å². The second-order valence-corrected chi connectivity index (χ2v) is 9.35. The van der Waals surface area contributed by atoms with Gasteiger partial charge in [0.25, 0.3) is 11.8 Å². The third kappa shape index (κ3) is 5.90. The zero-order valence-corrected chi connectivity index (χ0v) is 21.0. The van der Waals surface area contributed by atoms with E-state index in [9.17, 15) is 9.59 Å². The first-order chi connectivity index (χ1) is 18.1. The van der Waals surface area contributed by atoms with Crippen molar-refractivity contribution in [3.8, 4) is 0 Å². The Morgan fingerprint density at radius 1 is 1.05 bits per heavy atom. The highest BCUT2D eigenvalue weighted by Gasteiger charge is 2.26. The fourth-order valence-electron chi connectivity index (χ4n) is 4.75. The van der Waals surface area contributed by atoms with Gasteiger partial charge in [0.2, 0.25) is 0 Å². The summed E-state index contributed by atoms with van der Waals surface area (Å²) in [5.74, 6) is -0.360. The fourth-order valence-corrected chi connectivity index (χ4v) is 4.75. The molecule has 5 rings (SSSR count). The number of carbonyl (C=O) groups is 2. The minimum atomic E-state index is -0.194. The Morgan fingerprint density at radius 3 is 2.65 bits per heavy atom. The van der Waals surface area contributed by atoms with E-state index in [1.54, 1.807) is 24.4 Å². The van der Waals surface area contributed by atoms with Crippen molar-refractivity contribution in [2.45, 2.75) is 25.9 Å². The zero-order valence-electron chi connectivity index (χ0n) is 21.0. The Hall–Kier alpha value is -3.94. The van der Waals surface area contributed by atoms with Crippen LogP contribution in [-0.4, -0.2) is 43.0 Å². The lowest BCUT2D eigenvalue weighted by atomic mass is 10.0. The molecule has 2 heterocycles. The number of fused-ring (bicyclic) bond motifs is 1. The molecule has 2 aliphatic rings. The standard InChI is InChI=1S/C30H32N4O3/c1-2-27(22-8-4-3-5-9-22)32-29(35)23-11-12-28-25(18-23)26(30(36)33-28)19-31-24-10-6-7-21(17-24)20-34-13-15-37-16-14-34/h3-12,17-19,27,31H,2,13-16,20H2,1H3,(H,32,35)(H,33,36)/t27-/m1/s1. The normalized spacial score (nSPS) is 17.2. The minimum absolute atomic E-state index is 0.0804. The fraction of sp³-hybridized carbons (Fsp3) is 0.267. The summed E-state index contributed by atoms with van der Waals surface area (Å²) in [4.78, 5) is 28.2. The van der Waals surface area contributed by atoms with Crippen LogP contribution in [-0.2, 0) is 16.1 Å². The lowest BCUT2D eigenvalue weighted by Crippen LogP contribution is -2.35. The molecule has 3 N–H and O–H groups in total. The number of rotatable bonds is 8. The largest absolute Gasteiger partial charge is 0.379 e. The SMILES string of the molecule is CC[C@@H](NC(=O)c1ccc2c(c1)C(=CNc1cccc(CN3CCOCC3)c1)C(=O)N2)c1ccccc1. The molecule has 0 aliphatic carbocycles. The third-order valence-electron chi connectivity index (χ3n) is 6.80. The van der Waals surface area contributed by atoms with Crippen LogP contribution in [0.15, 0.2) is 79.0 Å². The highest BCUT2D eigenvalue weighted by molar-refractivity contribution is 6.32. The van der Waals surface area contributed by atoms with Crippen molar-refractivity contribution in [2.75, 3.05) is 36.9 Å². The van der Waals surface area contributed by atoms with Gasteiger partial charge in [-0.3, -0.25) is 14.5 Å². The van der Waals surface area contributed by atoms with E-state index in [4.69, 9.17) is 4.74 Å². The molecule has 1 atom stereocenters. The summed E-state index contributed by atoms with van der Waals surface area (Å²) in [5, 5.41) is 9.30. The number of benzene rings is 3. The van der Waals surface area contributed by atoms with Crippen LogP contribution >= 0.6 is 0 Å². The van der Waals surface area contributed by atoms with E-state index >= 15 is 0 Å². The Kier molecular flexibility index (Phi) is 7.63. The molecule has 2 aliphatic heterocycles. The van der Waals surface area contributed by atoms with Crippen molar-refractivity contribution >= 4 is 28.8 Å². The van der Waals surface area contributed by atoms with Gasteiger partial charge in [-0.05, 0) is 47.9 Å². The van der Waals surface area contributed by atoms with E-state index in [0.717, 1.165) is 50.5 Å². The average Bonchev–Trinajstić information content (AvgIpc) is 3.25. The summed E-state index contributed by atoms with van der Waals surface area (Å²) in [6.07, 6.45) is 2.50. The summed E-state index contributed by atoms with van der Waals surface area (Å²) in [6.45, 7) is 6.30. The van der Waals surface area contributed by atoms with Gasteiger partial charge in [-0.25, -0.2) is 0 Å². The number of hydrogen-bond acceptors (Lipinski definition) is 5. The van der Waals surface area contributed by atoms with Crippen LogP contribution in [0.4, 0.5) is 11.4 Å². The van der Waals surface area contributed by atoms with Crippen molar-refractivity contribution in [1.29, 1.82) is 0 Å². The lowest BCUT2D eigenvalue weighted by Gasteiger charge is -2.26. The zero-order chi connectivity index (χ0) is 25.6. The monoisotopic (exact) mass is 496 g/mol. The van der Waals surface area contributed by atoms with Gasteiger partial charge >= 0.3 is 0 Å². The molecule has 0 unspecified atom stereocenters. The Labute approximate surface area is 217 Å². The van der Waals surface area contributed by atoms with Crippen molar-refractivity contribution in [2.24, 2.45) is 0 Å². The lowest BCUT2D eigenvalue weighted by molar-refractivity contribution is -0.110. The van der Waals surface area contributed by atoms with Crippen molar-refractivity contribution in [1.82, 2.24) is 10.2 Å². The van der Waals surface area contributed by atoms with Gasteiger partial charge in [0, 0.05) is 48.3 Å². The van der Waals surface area contributed by atoms with E-state index < -0.39 is 0 Å². The van der Waals surface area contributed by atoms with Crippen LogP contribution in [0.25, 0.3) is 5.57 Å². The van der Waals surface area contributed by atoms with Crippen molar-refractivity contribution < 1.29 is 14.3 Å². The van der Waals surface area contributed by atoms with Gasteiger partial charge in [-0.1, -0.05) is 49.4 Å². The predicted molar refractivity (Wildman–Crippen MR) is 146 cm³/mol. The molecule has 0 bridgehead atoms. The highest BCUT2D eigenvalue weighted by atomic mass is 16.5. The van der Waals surface area contributed by atoms with Crippen LogP contribution in [0.3, 0.4) is 0 Å². The molecule has 7 heteroatoms. The topological polar surface area (TPSA) is 82.7 Å². The van der Waals surface area contributed by atoms with Crippen LogP contribution in [0, 0.1) is 0 Å². The van der Waals surface area contributed by atoms with Gasteiger partial charge in [-0.15, -0.1) is 0 Å². The van der Waals surface area contributed by atoms with Gasteiger partial charge < -0.3 is 20.7 Å². The van der Waals surface area contributed by atoms with E-state index in [1.165, 1.54) is 5.56 Å². The third-order valence-corrected chi connectivity index (χ3v) is 6.80. The minimum Gasteiger partial charge on any atom is -0.379 e. The Morgan fingerprint density at radius 2 is 1.86 bits per heavy atom. The summed E-state index contributed by atoms with van der Waals surface area (Å²) in [7, 11) is 0. The molecule has 1 fully saturated rings. The molecule has 7 nitrogen and oxygen atoms in total. The summed E-state index contributed by atoms with van der Waals surface area (Å²) < 4.78 is 5.44. The maximum absolute atomic E-state index is 13.1. The van der Waals surface area contributed by atoms with E-state index in [-0.39, 0.29) is 17.9 Å². The number of ether oxygens (including phenoxy) is 1. The molecular formula is C30H32N4O3. The number of morpholine rings is 1. The maximum Gasteiger partial charge on any atom is 0.257 e. The molecule has 0 saturated carbocycles. The van der Waals surface area contributed by atoms with Crippen LogP contribution in [0.5, 0.6) is 0 Å². The molecule has 37 heavy (non-hydrogen) atoms. The molecule has 3 aromatic carbocycles. The average molecular weight is 497 g/mol. The second kappa shape index (κ2) is 11.4. The number of carbonyl (C=O) groups excluding carboxylic acids is 2. The summed E-state index contributed by atoms with van der Waals surface area (Å²) in [6, 6.07) is 23.4. The first kappa shape index (κ1) is 24.7. The van der Waals surface area contributed by atoms with Crippen molar-refractivity contribution in [3.05, 3.63) is 101 Å². The molecule has 0 spiro atoms. The van der Waals surface area contributed by atoms with Crippen LogP contribution < -0.4 is 16.0 Å². The van der Waals surface area contributed by atoms with Gasteiger partial charge in [-0.2, -0.15) is 0 Å². The van der Waals surface area contributed by atoms with E-state index in [0.29, 0.717) is 22.4 Å². The first-order valence-electron chi connectivity index (χ1n) is 12.8. The number of nitrogens with zero attached hydrogens (tertiary/aromatic N) is 1. The quantitative estimate of drug-likeness (QED) is 0.390. The van der Waals surface area contributed by atoms with Gasteiger partial charge in [0.1, 0.15) is 0 Å².